The molecule has 1 aromatic rings. The van der Waals surface area contributed by atoms with E-state index in [2.05, 4.69) is 45.1 Å². The van der Waals surface area contributed by atoms with Crippen LogP contribution in [-0.2, 0) is 6.54 Å². The lowest BCUT2D eigenvalue weighted by Crippen LogP contribution is -2.35. The van der Waals surface area contributed by atoms with Gasteiger partial charge in [-0.2, -0.15) is 0 Å². The van der Waals surface area contributed by atoms with Gasteiger partial charge in [-0.25, -0.2) is 0 Å². The van der Waals surface area contributed by atoms with Gasteiger partial charge in [-0.3, -0.25) is 4.90 Å². The molecular weight excluding hydrogens is 300 g/mol. The van der Waals surface area contributed by atoms with Crippen molar-refractivity contribution in [3.63, 3.8) is 0 Å². The summed E-state index contributed by atoms with van der Waals surface area (Å²) in [5.41, 5.74) is 7.09. The Kier molecular flexibility index (Phi) is 6.49. The molecule has 1 fully saturated rings. The fourth-order valence-electron chi connectivity index (χ4n) is 2.27. The molecule has 2 N–H and O–H groups in total. The summed E-state index contributed by atoms with van der Waals surface area (Å²) in [4.78, 5) is 2.52. The highest BCUT2D eigenvalue weighted by atomic mass is 79.9. The van der Waals surface area contributed by atoms with E-state index in [1.165, 1.54) is 36.0 Å². The summed E-state index contributed by atoms with van der Waals surface area (Å²) in [7, 11) is 0. The minimum Gasteiger partial charge on any atom is -0.330 e. The van der Waals surface area contributed by atoms with Crippen LogP contribution in [0.2, 0.25) is 0 Å². The molecule has 1 heterocycles. The zero-order valence-corrected chi connectivity index (χ0v) is 12.3. The number of benzene rings is 1. The first-order valence-electron chi connectivity index (χ1n) is 5.95. The molecular formula is C13H20BrClN2. The number of likely N-dealkylation sites (tertiary alicyclic amines) is 1. The molecule has 0 aromatic heterocycles. The smallest absolute Gasteiger partial charge is 0.0234 e. The number of rotatable bonds is 3. The van der Waals surface area contributed by atoms with Crippen LogP contribution in [0.3, 0.4) is 0 Å². The number of nitrogens with zero attached hydrogens (tertiary/aromatic N) is 1. The van der Waals surface area contributed by atoms with E-state index in [1.54, 1.807) is 0 Å². The van der Waals surface area contributed by atoms with Crippen LogP contribution in [0.15, 0.2) is 28.7 Å². The van der Waals surface area contributed by atoms with Crippen molar-refractivity contribution >= 4 is 28.3 Å². The van der Waals surface area contributed by atoms with E-state index in [0.29, 0.717) is 0 Å². The summed E-state index contributed by atoms with van der Waals surface area (Å²) in [6, 6.07) is 8.57. The quantitative estimate of drug-likeness (QED) is 0.928. The minimum atomic E-state index is 0. The van der Waals surface area contributed by atoms with Gasteiger partial charge in [0.25, 0.3) is 0 Å². The summed E-state index contributed by atoms with van der Waals surface area (Å²) in [5.74, 6) is 0.749. The summed E-state index contributed by atoms with van der Waals surface area (Å²) >= 11 is 3.51. The van der Waals surface area contributed by atoms with Crippen LogP contribution in [0.1, 0.15) is 18.4 Å². The number of nitrogens with two attached hydrogens (primary N) is 1. The first-order chi connectivity index (χ1) is 7.78. The van der Waals surface area contributed by atoms with Crippen LogP contribution < -0.4 is 5.73 Å². The van der Waals surface area contributed by atoms with Gasteiger partial charge in [0.15, 0.2) is 0 Å². The molecule has 1 aromatic carbocycles. The van der Waals surface area contributed by atoms with Crippen LogP contribution in [0, 0.1) is 5.92 Å². The van der Waals surface area contributed by atoms with Crippen molar-refractivity contribution in [1.29, 1.82) is 0 Å². The molecule has 0 bridgehead atoms. The van der Waals surface area contributed by atoms with Gasteiger partial charge in [-0.15, -0.1) is 12.4 Å². The van der Waals surface area contributed by atoms with Gasteiger partial charge in [0.05, 0.1) is 0 Å². The number of hydrogen-bond donors (Lipinski definition) is 1. The largest absolute Gasteiger partial charge is 0.330 e. The van der Waals surface area contributed by atoms with Crippen molar-refractivity contribution in [2.24, 2.45) is 11.7 Å². The molecule has 1 aliphatic heterocycles. The molecule has 2 rings (SSSR count). The highest BCUT2D eigenvalue weighted by Gasteiger charge is 2.17. The van der Waals surface area contributed by atoms with Crippen molar-refractivity contribution in [3.05, 3.63) is 34.3 Å². The first-order valence-corrected chi connectivity index (χ1v) is 6.74. The molecule has 2 nitrogen and oxygen atoms in total. The average molecular weight is 320 g/mol. The lowest BCUT2D eigenvalue weighted by molar-refractivity contribution is 0.180. The molecule has 4 heteroatoms. The molecule has 1 aliphatic rings. The Morgan fingerprint density at radius 2 is 2.00 bits per heavy atom. The zero-order valence-electron chi connectivity index (χ0n) is 9.94. The van der Waals surface area contributed by atoms with Crippen LogP contribution in [0.4, 0.5) is 0 Å². The standard InChI is InChI=1S/C13H19BrN2.ClH/c14-13-3-1-2-12(8-13)10-16-6-4-11(9-15)5-7-16;/h1-3,8,11H,4-7,9-10,15H2;1H. The molecule has 0 radical (unpaired) electrons. The molecule has 0 aliphatic carbocycles. The molecule has 0 atom stereocenters. The molecule has 17 heavy (non-hydrogen) atoms. The minimum absolute atomic E-state index is 0. The maximum Gasteiger partial charge on any atom is 0.0234 e. The van der Waals surface area contributed by atoms with Crippen molar-refractivity contribution in [3.8, 4) is 0 Å². The van der Waals surface area contributed by atoms with Gasteiger partial charge in [0.2, 0.25) is 0 Å². The van der Waals surface area contributed by atoms with E-state index in [4.69, 9.17) is 5.73 Å². The molecule has 96 valence electrons. The maximum absolute atomic E-state index is 5.70. The lowest BCUT2D eigenvalue weighted by atomic mass is 9.97. The van der Waals surface area contributed by atoms with E-state index in [9.17, 15) is 0 Å². The van der Waals surface area contributed by atoms with Crippen molar-refractivity contribution < 1.29 is 0 Å². The van der Waals surface area contributed by atoms with Crippen molar-refractivity contribution in [2.75, 3.05) is 19.6 Å². The third kappa shape index (κ3) is 4.59. The second-order valence-corrected chi connectivity index (χ2v) is 5.50. The van der Waals surface area contributed by atoms with Crippen molar-refractivity contribution in [1.82, 2.24) is 4.90 Å². The van der Waals surface area contributed by atoms with Gasteiger partial charge >= 0.3 is 0 Å². The number of halogens is 2. The Balaban J connectivity index is 0.00000144. The summed E-state index contributed by atoms with van der Waals surface area (Å²) in [5, 5.41) is 0. The summed E-state index contributed by atoms with van der Waals surface area (Å²) < 4.78 is 1.17. The predicted octanol–water partition coefficient (Wildman–Crippen LogP) is 3.04. The Bertz CT molecular complexity index is 338. The SMILES string of the molecule is Cl.NCC1CCN(Cc2cccc(Br)c2)CC1. The Hall–Kier alpha value is -0.0900. The Morgan fingerprint density at radius 1 is 1.29 bits per heavy atom. The molecule has 0 unspecified atom stereocenters. The third-order valence-corrected chi connectivity index (χ3v) is 3.83. The van der Waals surface area contributed by atoms with E-state index in [0.717, 1.165) is 19.0 Å². The van der Waals surface area contributed by atoms with Crippen molar-refractivity contribution in [2.45, 2.75) is 19.4 Å². The molecule has 0 spiro atoms. The van der Waals surface area contributed by atoms with Crippen LogP contribution in [0.5, 0.6) is 0 Å². The number of hydrogen-bond acceptors (Lipinski definition) is 2. The highest BCUT2D eigenvalue weighted by Crippen LogP contribution is 2.19. The van der Waals surface area contributed by atoms with Gasteiger partial charge in [0.1, 0.15) is 0 Å². The van der Waals surface area contributed by atoms with Gasteiger partial charge in [-0.1, -0.05) is 28.1 Å². The Morgan fingerprint density at radius 3 is 2.59 bits per heavy atom. The normalized spacial score (nSPS) is 17.8. The van der Waals surface area contributed by atoms with Gasteiger partial charge in [-0.05, 0) is 56.1 Å². The second kappa shape index (κ2) is 7.37. The van der Waals surface area contributed by atoms with E-state index in [1.807, 2.05) is 0 Å². The summed E-state index contributed by atoms with van der Waals surface area (Å²) in [6.45, 7) is 4.30. The van der Waals surface area contributed by atoms with E-state index < -0.39 is 0 Å². The zero-order chi connectivity index (χ0) is 11.4. The highest BCUT2D eigenvalue weighted by molar-refractivity contribution is 9.10. The maximum atomic E-state index is 5.70. The topological polar surface area (TPSA) is 29.3 Å². The molecule has 0 saturated carbocycles. The monoisotopic (exact) mass is 318 g/mol. The van der Waals surface area contributed by atoms with Crippen LogP contribution in [0.25, 0.3) is 0 Å². The van der Waals surface area contributed by atoms with E-state index in [-0.39, 0.29) is 12.4 Å². The molecule has 0 amide bonds. The van der Waals surface area contributed by atoms with Crippen LogP contribution in [-0.4, -0.2) is 24.5 Å². The second-order valence-electron chi connectivity index (χ2n) is 4.59. The number of piperidine rings is 1. The van der Waals surface area contributed by atoms with Crippen LogP contribution >= 0.6 is 28.3 Å². The van der Waals surface area contributed by atoms with Gasteiger partial charge in [0, 0.05) is 11.0 Å². The van der Waals surface area contributed by atoms with Gasteiger partial charge < -0.3 is 5.73 Å². The first kappa shape index (κ1) is 15.0. The fraction of sp³-hybridized carbons (Fsp3) is 0.538. The lowest BCUT2D eigenvalue weighted by Gasteiger charge is -2.31. The predicted molar refractivity (Wildman–Crippen MR) is 78.4 cm³/mol. The molecule has 1 saturated heterocycles. The average Bonchev–Trinajstić information content (AvgIpc) is 2.30. The van der Waals surface area contributed by atoms with E-state index >= 15 is 0 Å². The Labute approximate surface area is 118 Å². The summed E-state index contributed by atoms with van der Waals surface area (Å²) in [6.07, 6.45) is 2.51. The fourth-order valence-corrected chi connectivity index (χ4v) is 2.72. The third-order valence-electron chi connectivity index (χ3n) is 3.34.